The van der Waals surface area contributed by atoms with Crippen molar-refractivity contribution in [3.63, 3.8) is 0 Å². The van der Waals surface area contributed by atoms with Crippen LogP contribution < -0.4 is 0 Å². The Morgan fingerprint density at radius 2 is 2.11 bits per heavy atom. The summed E-state index contributed by atoms with van der Waals surface area (Å²) in [7, 11) is 0. The van der Waals surface area contributed by atoms with E-state index in [0.29, 0.717) is 19.5 Å². The number of amides is 2. The molecule has 2 aliphatic rings. The molecule has 18 heavy (non-hydrogen) atoms. The number of hydrogen-bond acceptors (Lipinski definition) is 2. The lowest BCUT2D eigenvalue weighted by Crippen LogP contribution is -2.47. The van der Waals surface area contributed by atoms with Crippen LogP contribution in [0.15, 0.2) is 11.6 Å². The van der Waals surface area contributed by atoms with Crippen molar-refractivity contribution in [2.24, 2.45) is 5.92 Å². The Kier molecular flexibility index (Phi) is 3.59. The van der Waals surface area contributed by atoms with Gasteiger partial charge in [0.1, 0.15) is 0 Å². The van der Waals surface area contributed by atoms with Gasteiger partial charge in [0.15, 0.2) is 0 Å². The molecular formula is C13H20N2O3. The highest BCUT2D eigenvalue weighted by Gasteiger charge is 2.39. The second-order valence-electron chi connectivity index (χ2n) is 5.21. The summed E-state index contributed by atoms with van der Waals surface area (Å²) in [4.78, 5) is 26.9. The Morgan fingerprint density at radius 1 is 1.39 bits per heavy atom. The van der Waals surface area contributed by atoms with Crippen molar-refractivity contribution >= 4 is 12.0 Å². The highest BCUT2D eigenvalue weighted by atomic mass is 16.4. The molecule has 100 valence electrons. The van der Waals surface area contributed by atoms with Gasteiger partial charge in [0, 0.05) is 25.7 Å². The number of aliphatic carboxylic acids is 1. The predicted octanol–water partition coefficient (Wildman–Crippen LogP) is 1.55. The average molecular weight is 252 g/mol. The van der Waals surface area contributed by atoms with E-state index >= 15 is 0 Å². The van der Waals surface area contributed by atoms with Crippen LogP contribution in [0, 0.1) is 5.92 Å². The molecule has 5 nitrogen and oxygen atoms in total. The largest absolute Gasteiger partial charge is 0.481 e. The Morgan fingerprint density at radius 3 is 2.67 bits per heavy atom. The molecule has 2 aliphatic heterocycles. The van der Waals surface area contributed by atoms with E-state index in [2.05, 4.69) is 6.08 Å². The summed E-state index contributed by atoms with van der Waals surface area (Å²) in [5.74, 6) is -1.22. The molecule has 0 aromatic heterocycles. The number of carboxylic acids is 1. The molecule has 0 aromatic carbocycles. The molecule has 0 radical (unpaired) electrons. The van der Waals surface area contributed by atoms with E-state index in [1.54, 1.807) is 4.90 Å². The molecular weight excluding hydrogens is 232 g/mol. The van der Waals surface area contributed by atoms with E-state index in [1.165, 1.54) is 5.57 Å². The van der Waals surface area contributed by atoms with Crippen LogP contribution in [0.5, 0.6) is 0 Å². The molecule has 5 heteroatoms. The lowest BCUT2D eigenvalue weighted by molar-refractivity contribution is -0.142. The van der Waals surface area contributed by atoms with Crippen molar-refractivity contribution in [1.29, 1.82) is 0 Å². The minimum atomic E-state index is -0.799. The fourth-order valence-corrected chi connectivity index (χ4v) is 2.80. The molecule has 2 heterocycles. The summed E-state index contributed by atoms with van der Waals surface area (Å²) < 4.78 is 0. The standard InChI is InChI=1S/C13H20N2O3/c1-9-4-3-6-14(8-9)13(18)15-7-5-11(10(15)2)12(16)17/h4,10-11H,3,5-8H2,1-2H3,(H,16,17). The summed E-state index contributed by atoms with van der Waals surface area (Å²) >= 11 is 0. The van der Waals surface area contributed by atoms with Crippen molar-refractivity contribution in [2.75, 3.05) is 19.6 Å². The zero-order chi connectivity index (χ0) is 13.3. The van der Waals surface area contributed by atoms with Crippen LogP contribution in [0.4, 0.5) is 4.79 Å². The van der Waals surface area contributed by atoms with E-state index in [4.69, 9.17) is 5.11 Å². The van der Waals surface area contributed by atoms with Crippen LogP contribution in [0.25, 0.3) is 0 Å². The number of hydrogen-bond donors (Lipinski definition) is 1. The Labute approximate surface area is 107 Å². The molecule has 1 N–H and O–H groups in total. The molecule has 1 fully saturated rings. The maximum atomic E-state index is 12.4. The first-order valence-corrected chi connectivity index (χ1v) is 6.44. The number of carbonyl (C=O) groups is 2. The third-order valence-corrected chi connectivity index (χ3v) is 3.92. The van der Waals surface area contributed by atoms with Crippen molar-refractivity contribution in [1.82, 2.24) is 9.80 Å². The van der Waals surface area contributed by atoms with Gasteiger partial charge >= 0.3 is 12.0 Å². The van der Waals surface area contributed by atoms with E-state index in [-0.39, 0.29) is 12.1 Å². The van der Waals surface area contributed by atoms with Crippen LogP contribution >= 0.6 is 0 Å². The van der Waals surface area contributed by atoms with E-state index in [1.807, 2.05) is 18.7 Å². The Balaban J connectivity index is 2.02. The molecule has 1 saturated heterocycles. The number of urea groups is 1. The van der Waals surface area contributed by atoms with Gasteiger partial charge in [-0.1, -0.05) is 11.6 Å². The quantitative estimate of drug-likeness (QED) is 0.720. The van der Waals surface area contributed by atoms with E-state index in [9.17, 15) is 9.59 Å². The fraction of sp³-hybridized carbons (Fsp3) is 0.692. The van der Waals surface area contributed by atoms with Gasteiger partial charge in [-0.25, -0.2) is 4.79 Å². The van der Waals surface area contributed by atoms with Crippen LogP contribution in [0.2, 0.25) is 0 Å². The normalized spacial score (nSPS) is 28.2. The zero-order valence-electron chi connectivity index (χ0n) is 10.9. The number of carbonyl (C=O) groups excluding carboxylic acids is 1. The van der Waals surface area contributed by atoms with Gasteiger partial charge in [-0.3, -0.25) is 4.79 Å². The van der Waals surface area contributed by atoms with Crippen molar-refractivity contribution in [3.05, 3.63) is 11.6 Å². The number of carboxylic acid groups (broad SMARTS) is 1. The summed E-state index contributed by atoms with van der Waals surface area (Å²) in [5.41, 5.74) is 1.20. The molecule has 0 aromatic rings. The van der Waals surface area contributed by atoms with Gasteiger partial charge < -0.3 is 14.9 Å². The molecule has 0 saturated carbocycles. The zero-order valence-corrected chi connectivity index (χ0v) is 10.9. The molecule has 0 spiro atoms. The van der Waals surface area contributed by atoms with E-state index in [0.717, 1.165) is 13.0 Å². The number of nitrogens with zero attached hydrogens (tertiary/aromatic N) is 2. The smallest absolute Gasteiger partial charge is 0.320 e. The first-order chi connectivity index (χ1) is 8.50. The van der Waals surface area contributed by atoms with Crippen molar-refractivity contribution in [3.8, 4) is 0 Å². The first kappa shape index (κ1) is 12.9. The summed E-state index contributed by atoms with van der Waals surface area (Å²) in [6.45, 7) is 5.80. The second kappa shape index (κ2) is 5.00. The molecule has 2 atom stereocenters. The van der Waals surface area contributed by atoms with Crippen LogP contribution in [-0.2, 0) is 4.79 Å². The topological polar surface area (TPSA) is 60.9 Å². The minimum Gasteiger partial charge on any atom is -0.481 e. The Hall–Kier alpha value is -1.52. The predicted molar refractivity (Wildman–Crippen MR) is 67.3 cm³/mol. The Bertz CT molecular complexity index is 392. The maximum absolute atomic E-state index is 12.4. The molecule has 2 amide bonds. The summed E-state index contributed by atoms with van der Waals surface area (Å²) in [5, 5.41) is 9.07. The summed E-state index contributed by atoms with van der Waals surface area (Å²) in [6.07, 6.45) is 3.60. The monoisotopic (exact) mass is 252 g/mol. The highest BCUT2D eigenvalue weighted by Crippen LogP contribution is 2.26. The number of rotatable bonds is 1. The lowest BCUT2D eigenvalue weighted by atomic mass is 10.0. The highest BCUT2D eigenvalue weighted by molar-refractivity contribution is 5.78. The summed E-state index contributed by atoms with van der Waals surface area (Å²) in [6, 6.07) is -0.222. The fourth-order valence-electron chi connectivity index (χ4n) is 2.80. The van der Waals surface area contributed by atoms with Crippen molar-refractivity contribution in [2.45, 2.75) is 32.7 Å². The third-order valence-electron chi connectivity index (χ3n) is 3.92. The average Bonchev–Trinajstić information content (AvgIpc) is 2.70. The first-order valence-electron chi connectivity index (χ1n) is 6.44. The molecule has 0 aliphatic carbocycles. The molecule has 2 rings (SSSR count). The molecule has 0 bridgehead atoms. The van der Waals surface area contributed by atoms with Gasteiger partial charge in [-0.05, 0) is 26.7 Å². The van der Waals surface area contributed by atoms with E-state index < -0.39 is 11.9 Å². The van der Waals surface area contributed by atoms with Crippen LogP contribution in [0.1, 0.15) is 26.7 Å². The van der Waals surface area contributed by atoms with Gasteiger partial charge in [0.05, 0.1) is 5.92 Å². The van der Waals surface area contributed by atoms with Gasteiger partial charge in [-0.2, -0.15) is 0 Å². The SMILES string of the molecule is CC1=CCCN(C(=O)N2CCC(C(=O)O)C2C)C1. The third kappa shape index (κ3) is 2.35. The van der Waals surface area contributed by atoms with Gasteiger partial charge in [-0.15, -0.1) is 0 Å². The maximum Gasteiger partial charge on any atom is 0.320 e. The van der Waals surface area contributed by atoms with Crippen LogP contribution in [-0.4, -0.2) is 52.6 Å². The van der Waals surface area contributed by atoms with Gasteiger partial charge in [0.2, 0.25) is 0 Å². The number of likely N-dealkylation sites (tertiary alicyclic amines) is 1. The molecule has 2 unspecified atom stereocenters. The van der Waals surface area contributed by atoms with Crippen molar-refractivity contribution < 1.29 is 14.7 Å². The van der Waals surface area contributed by atoms with Gasteiger partial charge in [0.25, 0.3) is 0 Å². The second-order valence-corrected chi connectivity index (χ2v) is 5.21. The van der Waals surface area contributed by atoms with Crippen LogP contribution in [0.3, 0.4) is 0 Å². The minimum absolute atomic E-state index is 0.0151. The lowest BCUT2D eigenvalue weighted by Gasteiger charge is -2.33.